The molecule has 2 saturated heterocycles. The van der Waals surface area contributed by atoms with Crippen molar-refractivity contribution in [2.45, 2.75) is 63.6 Å². The smallest absolute Gasteiger partial charge is 0.192 e. The van der Waals surface area contributed by atoms with Crippen LogP contribution in [0.4, 0.5) is 0 Å². The van der Waals surface area contributed by atoms with Crippen LogP contribution in [0.1, 0.15) is 27.7 Å². The fourth-order valence-electron chi connectivity index (χ4n) is 2.61. The van der Waals surface area contributed by atoms with Crippen molar-refractivity contribution < 1.29 is 13.9 Å². The molecule has 0 saturated carbocycles. The molecule has 4 atom stereocenters. The Morgan fingerprint density at radius 2 is 2.05 bits per heavy atom. The lowest BCUT2D eigenvalue weighted by Crippen LogP contribution is -2.53. The molecule has 0 aromatic carbocycles. The van der Waals surface area contributed by atoms with Gasteiger partial charge in [0.05, 0.1) is 13.2 Å². The summed E-state index contributed by atoms with van der Waals surface area (Å²) in [4.78, 5) is 0. The van der Waals surface area contributed by atoms with E-state index in [9.17, 15) is 0 Å². The van der Waals surface area contributed by atoms with Crippen LogP contribution in [0.2, 0.25) is 18.1 Å². The maximum absolute atomic E-state index is 6.62. The Morgan fingerprint density at radius 3 is 2.47 bits per heavy atom. The fraction of sp³-hybridized carbons (Fsp3) is 0.867. The Kier molecular flexibility index (Phi) is 3.76. The van der Waals surface area contributed by atoms with E-state index in [4.69, 9.17) is 13.9 Å². The van der Waals surface area contributed by atoms with Crippen LogP contribution in [0.15, 0.2) is 12.7 Å². The Balaban J connectivity index is 2.23. The molecule has 2 aliphatic rings. The standard InChI is InChI=1S/C15H28O3Si/c1-8-11(2)15-10-16-12(9-17-15)13(15)18-19(6,7)14(3,4)5/h8,11-13H,1,9-10H2,2-7H3/t11-,12-,13-,15+/m0/s1. The van der Waals surface area contributed by atoms with Crippen molar-refractivity contribution in [2.75, 3.05) is 13.2 Å². The van der Waals surface area contributed by atoms with Crippen molar-refractivity contribution in [1.29, 1.82) is 0 Å². The highest BCUT2D eigenvalue weighted by atomic mass is 28.4. The van der Waals surface area contributed by atoms with Gasteiger partial charge < -0.3 is 13.9 Å². The number of ether oxygens (including phenoxy) is 2. The Labute approximate surface area is 118 Å². The van der Waals surface area contributed by atoms with E-state index in [1.807, 2.05) is 6.08 Å². The molecule has 0 aromatic rings. The summed E-state index contributed by atoms with van der Waals surface area (Å²) in [5.74, 6) is 0.245. The third kappa shape index (κ3) is 2.33. The van der Waals surface area contributed by atoms with E-state index in [0.29, 0.717) is 13.2 Å². The molecule has 2 aliphatic heterocycles. The molecule has 0 radical (unpaired) electrons. The van der Waals surface area contributed by atoms with E-state index in [2.05, 4.69) is 47.4 Å². The van der Waals surface area contributed by atoms with Crippen LogP contribution < -0.4 is 0 Å². The minimum Gasteiger partial charge on any atom is -0.408 e. The molecule has 2 fully saturated rings. The SMILES string of the molecule is C=C[C@H](C)[C@@]12CO[C@@H](CO1)[C@@H]2O[Si](C)(C)C(C)(C)C. The maximum atomic E-state index is 6.62. The highest BCUT2D eigenvalue weighted by Gasteiger charge is 2.61. The maximum Gasteiger partial charge on any atom is 0.192 e. The summed E-state index contributed by atoms with van der Waals surface area (Å²) in [6.07, 6.45) is 2.11. The predicted octanol–water partition coefficient (Wildman–Crippen LogP) is 3.37. The van der Waals surface area contributed by atoms with Gasteiger partial charge in [-0.3, -0.25) is 0 Å². The molecule has 3 nitrogen and oxygen atoms in total. The first-order valence-electron chi connectivity index (χ1n) is 7.20. The van der Waals surface area contributed by atoms with Gasteiger partial charge in [0.15, 0.2) is 8.32 Å². The Hall–Kier alpha value is -0.163. The molecule has 0 amide bonds. The summed E-state index contributed by atoms with van der Waals surface area (Å²) in [6, 6.07) is 0. The van der Waals surface area contributed by atoms with Gasteiger partial charge in [-0.05, 0) is 18.1 Å². The van der Waals surface area contributed by atoms with Crippen molar-refractivity contribution in [2.24, 2.45) is 5.92 Å². The van der Waals surface area contributed by atoms with E-state index in [-0.39, 0.29) is 28.8 Å². The van der Waals surface area contributed by atoms with E-state index in [1.54, 1.807) is 0 Å². The van der Waals surface area contributed by atoms with Crippen LogP contribution in [0.5, 0.6) is 0 Å². The average molecular weight is 284 g/mol. The molecular weight excluding hydrogens is 256 g/mol. The van der Waals surface area contributed by atoms with Gasteiger partial charge in [0, 0.05) is 5.92 Å². The predicted molar refractivity (Wildman–Crippen MR) is 79.9 cm³/mol. The topological polar surface area (TPSA) is 27.7 Å². The summed E-state index contributed by atoms with van der Waals surface area (Å²) in [6.45, 7) is 18.7. The zero-order valence-corrected chi connectivity index (χ0v) is 14.2. The first kappa shape index (κ1) is 15.2. The summed E-state index contributed by atoms with van der Waals surface area (Å²) in [5.41, 5.74) is -0.318. The number of hydrogen-bond donors (Lipinski definition) is 0. The normalized spacial score (nSPS) is 36.5. The van der Waals surface area contributed by atoms with Crippen molar-refractivity contribution in [3.05, 3.63) is 12.7 Å². The highest BCUT2D eigenvalue weighted by Crippen LogP contribution is 2.47. The number of fused-ring (bicyclic) bond motifs is 2. The lowest BCUT2D eigenvalue weighted by atomic mass is 9.86. The van der Waals surface area contributed by atoms with Crippen molar-refractivity contribution in [1.82, 2.24) is 0 Å². The number of rotatable bonds is 4. The summed E-state index contributed by atoms with van der Waals surface area (Å²) >= 11 is 0. The summed E-state index contributed by atoms with van der Waals surface area (Å²) in [5, 5.41) is 0.202. The third-order valence-electron chi connectivity index (χ3n) is 5.21. The number of hydrogen-bond acceptors (Lipinski definition) is 3. The van der Waals surface area contributed by atoms with E-state index in [1.165, 1.54) is 0 Å². The van der Waals surface area contributed by atoms with Crippen LogP contribution in [-0.4, -0.2) is 39.3 Å². The van der Waals surface area contributed by atoms with Crippen molar-refractivity contribution >= 4 is 8.32 Å². The second kappa shape index (κ2) is 4.69. The van der Waals surface area contributed by atoms with E-state index >= 15 is 0 Å². The van der Waals surface area contributed by atoms with Gasteiger partial charge in [-0.15, -0.1) is 6.58 Å². The molecule has 0 aromatic heterocycles. The largest absolute Gasteiger partial charge is 0.408 e. The molecular formula is C15H28O3Si. The van der Waals surface area contributed by atoms with Gasteiger partial charge in [-0.25, -0.2) is 0 Å². The minimum atomic E-state index is -1.81. The summed E-state index contributed by atoms with van der Waals surface area (Å²) in [7, 11) is -1.81. The molecule has 19 heavy (non-hydrogen) atoms. The molecule has 4 heteroatoms. The Morgan fingerprint density at radius 1 is 1.42 bits per heavy atom. The zero-order chi connectivity index (χ0) is 14.5. The lowest BCUT2D eigenvalue weighted by Gasteiger charge is -2.42. The fourth-order valence-corrected chi connectivity index (χ4v) is 3.95. The molecule has 0 N–H and O–H groups in total. The molecule has 0 unspecified atom stereocenters. The molecule has 0 spiro atoms. The van der Waals surface area contributed by atoms with Gasteiger partial charge in [0.1, 0.15) is 17.8 Å². The second-order valence-electron chi connectivity index (χ2n) is 7.44. The highest BCUT2D eigenvalue weighted by molar-refractivity contribution is 6.74. The molecule has 110 valence electrons. The quantitative estimate of drug-likeness (QED) is 0.585. The third-order valence-corrected chi connectivity index (χ3v) is 9.67. The van der Waals surface area contributed by atoms with E-state index in [0.717, 1.165) is 0 Å². The van der Waals surface area contributed by atoms with Gasteiger partial charge >= 0.3 is 0 Å². The van der Waals surface area contributed by atoms with Crippen molar-refractivity contribution in [3.8, 4) is 0 Å². The van der Waals surface area contributed by atoms with Gasteiger partial charge in [0.25, 0.3) is 0 Å². The van der Waals surface area contributed by atoms with Gasteiger partial charge in [-0.1, -0.05) is 33.8 Å². The van der Waals surface area contributed by atoms with Crippen LogP contribution in [-0.2, 0) is 13.9 Å². The molecule has 2 heterocycles. The zero-order valence-electron chi connectivity index (χ0n) is 13.2. The van der Waals surface area contributed by atoms with Crippen LogP contribution in [0.25, 0.3) is 0 Å². The van der Waals surface area contributed by atoms with E-state index < -0.39 is 8.32 Å². The molecule has 2 rings (SSSR count). The first-order chi connectivity index (χ1) is 8.64. The van der Waals surface area contributed by atoms with Crippen molar-refractivity contribution in [3.63, 3.8) is 0 Å². The van der Waals surface area contributed by atoms with Crippen LogP contribution in [0.3, 0.4) is 0 Å². The lowest BCUT2D eigenvalue weighted by molar-refractivity contribution is -0.117. The summed E-state index contributed by atoms with van der Waals surface area (Å²) < 4.78 is 18.6. The first-order valence-corrected chi connectivity index (χ1v) is 10.1. The Bertz CT molecular complexity index is 351. The minimum absolute atomic E-state index is 0.0568. The second-order valence-corrected chi connectivity index (χ2v) is 12.2. The van der Waals surface area contributed by atoms with Crippen LogP contribution in [0, 0.1) is 5.92 Å². The van der Waals surface area contributed by atoms with Gasteiger partial charge in [-0.2, -0.15) is 0 Å². The molecule has 0 aliphatic carbocycles. The monoisotopic (exact) mass is 284 g/mol. The van der Waals surface area contributed by atoms with Crippen LogP contribution >= 0.6 is 0 Å². The van der Waals surface area contributed by atoms with Gasteiger partial charge in [0.2, 0.25) is 0 Å². The molecule has 2 bridgehead atoms. The average Bonchev–Trinajstić information content (AvgIpc) is 2.82.